The number of alkyl halides is 3. The molecule has 0 saturated heterocycles. The van der Waals surface area contributed by atoms with Crippen LogP contribution in [0.4, 0.5) is 13.2 Å². The lowest BCUT2D eigenvalue weighted by Crippen LogP contribution is -2.31. The number of benzene rings is 2. The van der Waals surface area contributed by atoms with E-state index in [-0.39, 0.29) is 18.7 Å². The van der Waals surface area contributed by atoms with Gasteiger partial charge in [-0.25, -0.2) is 9.89 Å². The number of nitrogens with zero attached hydrogens (tertiary/aromatic N) is 5. The third-order valence-corrected chi connectivity index (χ3v) is 7.39. The molecular formula is C28H31F3N6O. The first kappa shape index (κ1) is 25.9. The number of unbranched alkanes of at least 4 members (excludes halogenated alkanes) is 1. The molecule has 1 fully saturated rings. The minimum absolute atomic E-state index is 0.0919. The second-order valence-corrected chi connectivity index (χ2v) is 9.92. The first-order valence-electron chi connectivity index (χ1n) is 13.2. The number of hydrogen-bond acceptors (Lipinski definition) is 4. The Balaban J connectivity index is 1.52. The summed E-state index contributed by atoms with van der Waals surface area (Å²) in [4.78, 5) is 13.6. The highest BCUT2D eigenvalue weighted by Gasteiger charge is 2.42. The second-order valence-electron chi connectivity index (χ2n) is 9.92. The minimum Gasteiger partial charge on any atom is -0.291 e. The Labute approximate surface area is 218 Å². The van der Waals surface area contributed by atoms with E-state index in [1.54, 1.807) is 0 Å². The highest BCUT2D eigenvalue weighted by molar-refractivity contribution is 5.80. The molecule has 38 heavy (non-hydrogen) atoms. The standard InChI is InChI=1S/C28H31F3N6O/c1-2-3-13-24-25(28(29,30)31)37(21-9-5-4-6-10-21)27(38)36(24)18-19-14-16-20(17-15-19)22-11-7-8-12-23(22)26-32-34-35-33-26/h7-8,11-12,14-17,21H,2-6,9-10,13,18H2,1H3,(H,32,33,34,35). The summed E-state index contributed by atoms with van der Waals surface area (Å²) in [6.45, 7) is 2.04. The average molecular weight is 525 g/mol. The third-order valence-electron chi connectivity index (χ3n) is 7.39. The van der Waals surface area contributed by atoms with Crippen molar-refractivity contribution in [3.05, 3.63) is 76.0 Å². The van der Waals surface area contributed by atoms with E-state index in [1.165, 1.54) is 4.57 Å². The van der Waals surface area contributed by atoms with Gasteiger partial charge in [-0.15, -0.1) is 5.10 Å². The molecule has 0 aliphatic heterocycles. The summed E-state index contributed by atoms with van der Waals surface area (Å²) in [5.74, 6) is 0.542. The van der Waals surface area contributed by atoms with Crippen LogP contribution in [0.25, 0.3) is 22.5 Å². The van der Waals surface area contributed by atoms with Crippen molar-refractivity contribution in [3.8, 4) is 22.5 Å². The molecule has 0 spiro atoms. The van der Waals surface area contributed by atoms with Gasteiger partial charge >= 0.3 is 11.9 Å². The van der Waals surface area contributed by atoms with Crippen molar-refractivity contribution in [1.82, 2.24) is 29.8 Å². The smallest absolute Gasteiger partial charge is 0.291 e. The van der Waals surface area contributed by atoms with E-state index < -0.39 is 23.6 Å². The van der Waals surface area contributed by atoms with Gasteiger partial charge in [0.15, 0.2) is 5.82 Å². The Kier molecular flexibility index (Phi) is 7.49. The summed E-state index contributed by atoms with van der Waals surface area (Å²) < 4.78 is 45.7. The first-order chi connectivity index (χ1) is 18.4. The number of rotatable bonds is 8. The molecule has 10 heteroatoms. The van der Waals surface area contributed by atoms with Crippen molar-refractivity contribution in [2.24, 2.45) is 0 Å². The number of aromatic amines is 1. The zero-order valence-corrected chi connectivity index (χ0v) is 21.3. The summed E-state index contributed by atoms with van der Waals surface area (Å²) in [6, 6.07) is 14.8. The van der Waals surface area contributed by atoms with E-state index in [0.29, 0.717) is 25.1 Å². The number of tetrazole rings is 1. The molecule has 0 bridgehead atoms. The van der Waals surface area contributed by atoms with E-state index in [4.69, 9.17) is 0 Å². The molecular weight excluding hydrogens is 493 g/mol. The van der Waals surface area contributed by atoms with Gasteiger partial charge in [-0.2, -0.15) is 13.2 Å². The lowest BCUT2D eigenvalue weighted by molar-refractivity contribution is -0.145. The molecule has 0 unspecified atom stereocenters. The molecule has 1 saturated carbocycles. The Morgan fingerprint density at radius 1 is 1.00 bits per heavy atom. The summed E-state index contributed by atoms with van der Waals surface area (Å²) in [5, 5.41) is 14.1. The van der Waals surface area contributed by atoms with E-state index in [2.05, 4.69) is 20.6 Å². The highest BCUT2D eigenvalue weighted by Crippen LogP contribution is 2.38. The fourth-order valence-corrected chi connectivity index (χ4v) is 5.53. The van der Waals surface area contributed by atoms with Crippen LogP contribution in [-0.4, -0.2) is 29.8 Å². The largest absolute Gasteiger partial charge is 0.433 e. The summed E-state index contributed by atoms with van der Waals surface area (Å²) in [7, 11) is 0. The number of hydrogen-bond donors (Lipinski definition) is 1. The number of nitrogens with one attached hydrogen (secondary N) is 1. The topological polar surface area (TPSA) is 81.4 Å². The maximum atomic E-state index is 14.4. The van der Waals surface area contributed by atoms with Gasteiger partial charge in [-0.1, -0.05) is 81.1 Å². The Bertz CT molecular complexity index is 1410. The van der Waals surface area contributed by atoms with Crippen LogP contribution in [0, 0.1) is 0 Å². The normalized spacial score (nSPS) is 14.7. The van der Waals surface area contributed by atoms with Gasteiger partial charge in [0.25, 0.3) is 0 Å². The number of H-pyrrole nitrogens is 1. The van der Waals surface area contributed by atoms with Gasteiger partial charge in [0, 0.05) is 11.6 Å². The van der Waals surface area contributed by atoms with Crippen molar-refractivity contribution < 1.29 is 13.2 Å². The molecule has 4 aromatic rings. The SMILES string of the molecule is CCCCc1c(C(F)(F)F)n(C2CCCCC2)c(=O)n1Cc1ccc(-c2ccccc2-c2nnn[nH]2)cc1. The van der Waals surface area contributed by atoms with Gasteiger partial charge in [0.1, 0.15) is 5.69 Å². The maximum absolute atomic E-state index is 14.4. The third kappa shape index (κ3) is 5.16. The van der Waals surface area contributed by atoms with Crippen LogP contribution >= 0.6 is 0 Å². The molecule has 200 valence electrons. The molecule has 1 N–H and O–H groups in total. The van der Waals surface area contributed by atoms with E-state index in [1.807, 2.05) is 55.5 Å². The first-order valence-corrected chi connectivity index (χ1v) is 13.2. The summed E-state index contributed by atoms with van der Waals surface area (Å²) in [5.41, 5.74) is 2.22. The number of imidazole rings is 1. The van der Waals surface area contributed by atoms with Gasteiger partial charge in [-0.3, -0.25) is 9.13 Å². The van der Waals surface area contributed by atoms with Crippen molar-refractivity contribution >= 4 is 0 Å². The number of aromatic nitrogens is 6. The Morgan fingerprint density at radius 3 is 2.34 bits per heavy atom. The van der Waals surface area contributed by atoms with Crippen LogP contribution < -0.4 is 5.69 Å². The van der Waals surface area contributed by atoms with Crippen molar-refractivity contribution in [3.63, 3.8) is 0 Å². The molecule has 0 amide bonds. The second kappa shape index (κ2) is 11.0. The van der Waals surface area contributed by atoms with Crippen LogP contribution in [0.2, 0.25) is 0 Å². The predicted octanol–water partition coefficient (Wildman–Crippen LogP) is 6.41. The van der Waals surface area contributed by atoms with Crippen molar-refractivity contribution in [2.75, 3.05) is 0 Å². The molecule has 1 aliphatic carbocycles. The Hall–Kier alpha value is -3.69. The van der Waals surface area contributed by atoms with Gasteiger partial charge in [0.05, 0.1) is 12.2 Å². The quantitative estimate of drug-likeness (QED) is 0.289. The maximum Gasteiger partial charge on any atom is 0.433 e. The predicted molar refractivity (Wildman–Crippen MR) is 139 cm³/mol. The molecule has 0 radical (unpaired) electrons. The van der Waals surface area contributed by atoms with Crippen molar-refractivity contribution in [1.29, 1.82) is 0 Å². The minimum atomic E-state index is -4.59. The van der Waals surface area contributed by atoms with E-state index >= 15 is 0 Å². The fraction of sp³-hybridized carbons (Fsp3) is 0.429. The molecule has 0 atom stereocenters. The molecule has 2 heterocycles. The lowest BCUT2D eigenvalue weighted by Gasteiger charge is -2.25. The van der Waals surface area contributed by atoms with Gasteiger partial charge < -0.3 is 0 Å². The summed E-state index contributed by atoms with van der Waals surface area (Å²) >= 11 is 0. The van der Waals surface area contributed by atoms with Gasteiger partial charge in [0.2, 0.25) is 0 Å². The van der Waals surface area contributed by atoms with E-state index in [9.17, 15) is 18.0 Å². The average Bonchev–Trinajstić information content (AvgIpc) is 3.55. The molecule has 7 nitrogen and oxygen atoms in total. The van der Waals surface area contributed by atoms with Crippen LogP contribution in [0.3, 0.4) is 0 Å². The zero-order chi connectivity index (χ0) is 26.7. The number of halogens is 3. The molecule has 2 aromatic heterocycles. The van der Waals surface area contributed by atoms with Crippen LogP contribution in [-0.2, 0) is 19.1 Å². The summed E-state index contributed by atoms with van der Waals surface area (Å²) in [6.07, 6.45) is 0.861. The zero-order valence-electron chi connectivity index (χ0n) is 21.3. The van der Waals surface area contributed by atoms with Crippen LogP contribution in [0.5, 0.6) is 0 Å². The Morgan fingerprint density at radius 2 is 1.71 bits per heavy atom. The molecule has 5 rings (SSSR count). The van der Waals surface area contributed by atoms with Crippen LogP contribution in [0.15, 0.2) is 53.3 Å². The molecule has 1 aliphatic rings. The van der Waals surface area contributed by atoms with Crippen LogP contribution in [0.1, 0.15) is 74.9 Å². The van der Waals surface area contributed by atoms with E-state index in [0.717, 1.165) is 52.5 Å². The molecule has 2 aromatic carbocycles. The lowest BCUT2D eigenvalue weighted by atomic mass is 9.95. The monoisotopic (exact) mass is 524 g/mol. The highest BCUT2D eigenvalue weighted by atomic mass is 19.4. The van der Waals surface area contributed by atoms with Gasteiger partial charge in [-0.05, 0) is 52.8 Å². The fourth-order valence-electron chi connectivity index (χ4n) is 5.53. The van der Waals surface area contributed by atoms with Crippen molar-refractivity contribution in [2.45, 2.75) is 77.1 Å².